The van der Waals surface area contributed by atoms with Gasteiger partial charge < -0.3 is 9.36 Å². The third-order valence-electron chi connectivity index (χ3n) is 5.37. The van der Waals surface area contributed by atoms with Gasteiger partial charge in [-0.1, -0.05) is 10.3 Å². The normalized spacial score (nSPS) is 34.9. The zero-order valence-electron chi connectivity index (χ0n) is 11.8. The maximum atomic E-state index is 5.69. The predicted molar refractivity (Wildman–Crippen MR) is 71.2 cm³/mol. The summed E-state index contributed by atoms with van der Waals surface area (Å²) in [6, 6.07) is 0. The Labute approximate surface area is 113 Å². The lowest BCUT2D eigenvalue weighted by atomic mass is 9.69. The van der Waals surface area contributed by atoms with Gasteiger partial charge in [-0.25, -0.2) is 0 Å². The van der Waals surface area contributed by atoms with Crippen LogP contribution in [0.25, 0.3) is 0 Å². The Bertz CT molecular complexity index is 573. The molecule has 0 radical (unpaired) electrons. The lowest BCUT2D eigenvalue weighted by Crippen LogP contribution is -2.39. The Morgan fingerprint density at radius 1 is 1.26 bits per heavy atom. The molecule has 1 aromatic heterocycles. The largest absolute Gasteiger partial charge is 0.389 e. The summed E-state index contributed by atoms with van der Waals surface area (Å²) in [4.78, 5) is 5.69. The van der Waals surface area contributed by atoms with Crippen LogP contribution < -0.4 is 0 Å². The van der Waals surface area contributed by atoms with Crippen molar-refractivity contribution in [1.29, 1.82) is 0 Å². The Hall–Kier alpha value is -1.32. The first-order chi connectivity index (χ1) is 9.05. The first-order valence-corrected chi connectivity index (χ1v) is 7.27. The van der Waals surface area contributed by atoms with Crippen molar-refractivity contribution in [2.45, 2.75) is 63.9 Å². The highest BCUT2D eigenvalue weighted by Gasteiger charge is 2.58. The van der Waals surface area contributed by atoms with E-state index in [-0.39, 0.29) is 11.0 Å². The van der Waals surface area contributed by atoms with E-state index in [9.17, 15) is 0 Å². The van der Waals surface area contributed by atoms with Crippen molar-refractivity contribution in [3.05, 3.63) is 17.0 Å². The quantitative estimate of drug-likeness (QED) is 0.720. The van der Waals surface area contributed by atoms with Gasteiger partial charge in [0.15, 0.2) is 0 Å². The van der Waals surface area contributed by atoms with Crippen molar-refractivity contribution >= 4 is 5.71 Å². The Kier molecular flexibility index (Phi) is 2.06. The number of rotatable bonds is 0. The Morgan fingerprint density at radius 3 is 2.95 bits per heavy atom. The maximum absolute atomic E-state index is 5.69. The molecule has 0 N–H and O–H groups in total. The van der Waals surface area contributed by atoms with Crippen molar-refractivity contribution in [3.8, 4) is 0 Å². The van der Waals surface area contributed by atoms with Crippen LogP contribution in [0.4, 0.5) is 0 Å². The van der Waals surface area contributed by atoms with E-state index >= 15 is 0 Å². The third-order valence-corrected chi connectivity index (χ3v) is 5.37. The van der Waals surface area contributed by atoms with Gasteiger partial charge >= 0.3 is 0 Å². The number of hydrogen-bond acceptors (Lipinski definition) is 4. The van der Waals surface area contributed by atoms with Gasteiger partial charge in [-0.3, -0.25) is 0 Å². The molecule has 102 valence electrons. The highest BCUT2D eigenvalue weighted by molar-refractivity contribution is 6.00. The summed E-state index contributed by atoms with van der Waals surface area (Å²) < 4.78 is 5.46. The lowest BCUT2D eigenvalue weighted by Gasteiger charge is -2.31. The molecule has 1 spiro atoms. The van der Waals surface area contributed by atoms with Gasteiger partial charge in [-0.15, -0.1) is 0 Å². The monoisotopic (exact) mass is 260 g/mol. The number of aromatic nitrogens is 1. The van der Waals surface area contributed by atoms with Gasteiger partial charge in [0, 0.05) is 11.5 Å². The summed E-state index contributed by atoms with van der Waals surface area (Å²) in [7, 11) is 0. The van der Waals surface area contributed by atoms with Gasteiger partial charge in [-0.2, -0.15) is 0 Å². The molecule has 1 saturated carbocycles. The first-order valence-electron chi connectivity index (χ1n) is 7.27. The maximum Gasteiger partial charge on any atom is 0.140 e. The summed E-state index contributed by atoms with van der Waals surface area (Å²) in [5.41, 5.74) is 3.55. The molecule has 0 saturated heterocycles. The highest BCUT2D eigenvalue weighted by Crippen LogP contribution is 2.54. The van der Waals surface area contributed by atoms with Gasteiger partial charge in [0.1, 0.15) is 11.4 Å². The highest BCUT2D eigenvalue weighted by atomic mass is 16.7. The molecule has 1 aromatic rings. The topological polar surface area (TPSA) is 47.6 Å². The predicted octanol–water partition coefficient (Wildman–Crippen LogP) is 3.13. The second kappa shape index (κ2) is 3.41. The zero-order valence-corrected chi connectivity index (χ0v) is 11.8. The number of fused-ring (bicyclic) bond motifs is 4. The van der Waals surface area contributed by atoms with Crippen molar-refractivity contribution in [3.63, 3.8) is 0 Å². The average molecular weight is 260 g/mol. The fourth-order valence-electron chi connectivity index (χ4n) is 4.29. The number of nitrogens with zero attached hydrogens (tertiary/aromatic N) is 2. The molecule has 0 unspecified atom stereocenters. The molecule has 4 nitrogen and oxygen atoms in total. The van der Waals surface area contributed by atoms with Crippen molar-refractivity contribution in [2.75, 3.05) is 0 Å². The molecule has 1 aliphatic heterocycles. The fourth-order valence-corrected chi connectivity index (χ4v) is 4.29. The number of hydrogen-bond donors (Lipinski definition) is 0. The van der Waals surface area contributed by atoms with E-state index in [1.54, 1.807) is 0 Å². The molecular formula is C15H20N2O2. The molecule has 0 bridgehead atoms. The summed E-state index contributed by atoms with van der Waals surface area (Å²) in [5.74, 6) is 1.42. The van der Waals surface area contributed by atoms with Gasteiger partial charge in [-0.05, 0) is 52.9 Å². The third kappa shape index (κ3) is 1.30. The van der Waals surface area contributed by atoms with Crippen molar-refractivity contribution in [2.24, 2.45) is 11.1 Å². The van der Waals surface area contributed by atoms with Crippen molar-refractivity contribution < 1.29 is 9.36 Å². The molecule has 3 aliphatic rings. The van der Waals surface area contributed by atoms with Crippen LogP contribution in [-0.2, 0) is 16.7 Å². The van der Waals surface area contributed by atoms with Crippen LogP contribution in [0.15, 0.2) is 9.68 Å². The molecular weight excluding hydrogens is 240 g/mol. The second-order valence-electron chi connectivity index (χ2n) is 6.76. The second-order valence-corrected chi connectivity index (χ2v) is 6.76. The Morgan fingerprint density at radius 2 is 2.11 bits per heavy atom. The van der Waals surface area contributed by atoms with Gasteiger partial charge in [0.2, 0.25) is 0 Å². The lowest BCUT2D eigenvalue weighted by molar-refractivity contribution is -0.0162. The van der Waals surface area contributed by atoms with E-state index in [1.165, 1.54) is 17.7 Å². The summed E-state index contributed by atoms with van der Waals surface area (Å²) in [5, 5.41) is 8.86. The average Bonchev–Trinajstić information content (AvgIpc) is 3.00. The number of oxime groups is 1. The summed E-state index contributed by atoms with van der Waals surface area (Å²) in [6.07, 6.45) is 5.72. The molecule has 2 aliphatic carbocycles. The SMILES string of the molecule is Cc1onc2c1CCC[C@]21CC[C@H]2C1=NOC2(C)C. The molecule has 0 aromatic carbocycles. The van der Waals surface area contributed by atoms with Crippen LogP contribution in [0.5, 0.6) is 0 Å². The Balaban J connectivity index is 1.85. The van der Waals surface area contributed by atoms with E-state index in [1.807, 2.05) is 6.92 Å². The molecule has 2 atom stereocenters. The first kappa shape index (κ1) is 11.5. The van der Waals surface area contributed by atoms with Crippen LogP contribution in [0, 0.1) is 12.8 Å². The summed E-state index contributed by atoms with van der Waals surface area (Å²) in [6.45, 7) is 6.31. The van der Waals surface area contributed by atoms with Crippen molar-refractivity contribution in [1.82, 2.24) is 5.16 Å². The van der Waals surface area contributed by atoms with Gasteiger partial charge in [0.05, 0.1) is 16.8 Å². The van der Waals surface area contributed by atoms with E-state index in [4.69, 9.17) is 9.36 Å². The molecule has 2 heterocycles. The molecule has 4 heteroatoms. The van der Waals surface area contributed by atoms with E-state index in [2.05, 4.69) is 24.2 Å². The van der Waals surface area contributed by atoms with Crippen LogP contribution in [0.3, 0.4) is 0 Å². The minimum absolute atomic E-state index is 0.00375. The van der Waals surface area contributed by atoms with Crippen LogP contribution in [0.1, 0.15) is 56.5 Å². The van der Waals surface area contributed by atoms with Crippen LogP contribution >= 0.6 is 0 Å². The van der Waals surface area contributed by atoms with Crippen LogP contribution in [-0.4, -0.2) is 16.5 Å². The van der Waals surface area contributed by atoms with E-state index in [0.29, 0.717) is 5.92 Å². The molecule has 19 heavy (non-hydrogen) atoms. The smallest absolute Gasteiger partial charge is 0.140 e. The minimum Gasteiger partial charge on any atom is -0.389 e. The van der Waals surface area contributed by atoms with Crippen LogP contribution in [0.2, 0.25) is 0 Å². The molecule has 1 fully saturated rings. The minimum atomic E-state index is -0.158. The standard InChI is InChI=1S/C15H20N2O2/c1-9-10-5-4-7-15(12(10)16-18-9)8-6-11-13(15)17-19-14(11,2)3/h11H,4-8H2,1-3H3/t11-,15-/m0/s1. The number of aryl methyl sites for hydroxylation is 1. The van der Waals surface area contributed by atoms with Gasteiger partial charge in [0.25, 0.3) is 0 Å². The zero-order chi connectivity index (χ0) is 13.3. The molecule has 0 amide bonds. The summed E-state index contributed by atoms with van der Waals surface area (Å²) >= 11 is 0. The van der Waals surface area contributed by atoms with E-state index < -0.39 is 0 Å². The fraction of sp³-hybridized carbons (Fsp3) is 0.733. The van der Waals surface area contributed by atoms with E-state index in [0.717, 1.165) is 37.1 Å². The molecule has 4 rings (SSSR count).